The van der Waals surface area contributed by atoms with E-state index < -0.39 is 0 Å². The normalized spacial score (nSPS) is 24.6. The van der Waals surface area contributed by atoms with Gasteiger partial charge in [0.25, 0.3) is 0 Å². The second-order valence-electron chi connectivity index (χ2n) is 6.08. The van der Waals surface area contributed by atoms with Gasteiger partial charge in [0.15, 0.2) is 0 Å². The van der Waals surface area contributed by atoms with Gasteiger partial charge in [-0.15, -0.1) is 0 Å². The van der Waals surface area contributed by atoms with E-state index in [4.69, 9.17) is 0 Å². The van der Waals surface area contributed by atoms with E-state index in [0.717, 1.165) is 32.5 Å². The van der Waals surface area contributed by atoms with E-state index in [0.29, 0.717) is 19.1 Å². The molecule has 0 aromatic carbocycles. The first kappa shape index (κ1) is 15.1. The molecule has 1 atom stereocenters. The zero-order chi connectivity index (χ0) is 14.7. The predicted molar refractivity (Wildman–Crippen MR) is 77.4 cm³/mol. The van der Waals surface area contributed by atoms with Crippen LogP contribution in [-0.2, 0) is 4.79 Å². The molecule has 114 valence electrons. The molecule has 6 heteroatoms. The Morgan fingerprint density at radius 3 is 2.30 bits per heavy atom. The van der Waals surface area contributed by atoms with E-state index in [1.54, 1.807) is 19.0 Å². The van der Waals surface area contributed by atoms with Crippen LogP contribution in [0.3, 0.4) is 0 Å². The molecule has 2 aliphatic heterocycles. The molecule has 2 aliphatic rings. The molecule has 0 aromatic heterocycles. The van der Waals surface area contributed by atoms with Crippen molar-refractivity contribution in [2.75, 3.05) is 46.8 Å². The quantitative estimate of drug-likeness (QED) is 0.747. The van der Waals surface area contributed by atoms with Crippen LogP contribution in [0.5, 0.6) is 0 Å². The summed E-state index contributed by atoms with van der Waals surface area (Å²) in [5.74, 6) is 0.363. The number of nitrogens with zero attached hydrogens (tertiary/aromatic N) is 3. The fourth-order valence-corrected chi connectivity index (χ4v) is 2.99. The minimum absolute atomic E-state index is 0.0479. The van der Waals surface area contributed by atoms with Crippen LogP contribution in [0, 0.1) is 5.92 Å². The number of hydrogen-bond donors (Lipinski definition) is 1. The number of amides is 3. The molecule has 0 bridgehead atoms. The molecule has 1 N–H and O–H groups in total. The second kappa shape index (κ2) is 6.43. The van der Waals surface area contributed by atoms with E-state index in [9.17, 15) is 9.59 Å². The highest BCUT2D eigenvalue weighted by molar-refractivity contribution is 5.80. The third kappa shape index (κ3) is 3.42. The minimum atomic E-state index is 0.0479. The Hall–Kier alpha value is -1.30. The molecule has 2 saturated heterocycles. The summed E-state index contributed by atoms with van der Waals surface area (Å²) in [5, 5.41) is 3.35. The molecule has 0 spiro atoms. The van der Waals surface area contributed by atoms with E-state index in [1.165, 1.54) is 0 Å². The van der Waals surface area contributed by atoms with Crippen molar-refractivity contribution >= 4 is 11.9 Å². The van der Waals surface area contributed by atoms with Crippen molar-refractivity contribution in [3.8, 4) is 0 Å². The molecule has 1 unspecified atom stereocenters. The zero-order valence-electron chi connectivity index (χ0n) is 12.8. The Bertz CT molecular complexity index is 364. The van der Waals surface area contributed by atoms with Crippen LogP contribution in [0.25, 0.3) is 0 Å². The van der Waals surface area contributed by atoms with Gasteiger partial charge in [0.05, 0.1) is 0 Å². The van der Waals surface area contributed by atoms with E-state index in [1.807, 2.05) is 9.80 Å². The Labute approximate surface area is 121 Å². The van der Waals surface area contributed by atoms with E-state index in [2.05, 4.69) is 12.2 Å². The topological polar surface area (TPSA) is 55.9 Å². The average Bonchev–Trinajstić information content (AvgIpc) is 2.46. The minimum Gasteiger partial charge on any atom is -0.340 e. The Balaban J connectivity index is 1.84. The van der Waals surface area contributed by atoms with Crippen molar-refractivity contribution in [1.29, 1.82) is 0 Å². The molecule has 0 radical (unpaired) electrons. The van der Waals surface area contributed by atoms with Crippen molar-refractivity contribution < 1.29 is 9.59 Å². The molecule has 3 amide bonds. The number of urea groups is 1. The number of likely N-dealkylation sites (tertiary alicyclic amines) is 1. The van der Waals surface area contributed by atoms with Crippen molar-refractivity contribution in [2.24, 2.45) is 5.92 Å². The lowest BCUT2D eigenvalue weighted by Gasteiger charge is -2.38. The molecule has 6 nitrogen and oxygen atoms in total. The summed E-state index contributed by atoms with van der Waals surface area (Å²) in [7, 11) is 3.53. The lowest BCUT2D eigenvalue weighted by atomic mass is 9.95. The summed E-state index contributed by atoms with van der Waals surface area (Å²) in [6.07, 6.45) is 1.58. The zero-order valence-corrected chi connectivity index (χ0v) is 12.8. The fourth-order valence-electron chi connectivity index (χ4n) is 2.99. The molecule has 2 fully saturated rings. The van der Waals surface area contributed by atoms with Crippen LogP contribution >= 0.6 is 0 Å². The van der Waals surface area contributed by atoms with Gasteiger partial charge in [0.2, 0.25) is 5.91 Å². The van der Waals surface area contributed by atoms with Crippen LogP contribution < -0.4 is 5.32 Å². The van der Waals surface area contributed by atoms with Crippen LogP contribution in [0.15, 0.2) is 0 Å². The summed E-state index contributed by atoms with van der Waals surface area (Å²) < 4.78 is 0. The molecule has 0 aromatic rings. The van der Waals surface area contributed by atoms with Gasteiger partial charge < -0.3 is 20.0 Å². The lowest BCUT2D eigenvalue weighted by molar-refractivity contribution is -0.138. The van der Waals surface area contributed by atoms with E-state index in [-0.39, 0.29) is 17.9 Å². The number of piperidine rings is 1. The molecule has 0 aliphatic carbocycles. The van der Waals surface area contributed by atoms with Crippen LogP contribution in [-0.4, -0.2) is 79.5 Å². The number of carbonyl (C=O) groups is 2. The van der Waals surface area contributed by atoms with Crippen LogP contribution in [0.2, 0.25) is 0 Å². The average molecular weight is 282 g/mol. The largest absolute Gasteiger partial charge is 0.340 e. The van der Waals surface area contributed by atoms with Gasteiger partial charge in [-0.1, -0.05) is 0 Å². The number of piperazine rings is 1. The SMILES string of the molecule is CC1CN(C(=O)C2CCN(C(=O)N(C)C)CC2)CCN1. The van der Waals surface area contributed by atoms with Gasteiger partial charge in [0, 0.05) is 58.8 Å². The summed E-state index contributed by atoms with van der Waals surface area (Å²) >= 11 is 0. The Kier molecular flexibility index (Phi) is 4.86. The first-order valence-electron chi connectivity index (χ1n) is 7.47. The van der Waals surface area contributed by atoms with Gasteiger partial charge in [-0.25, -0.2) is 4.79 Å². The van der Waals surface area contributed by atoms with Crippen LogP contribution in [0.1, 0.15) is 19.8 Å². The standard InChI is InChI=1S/C14H26N4O2/c1-11-10-18(9-6-15-11)13(19)12-4-7-17(8-5-12)14(20)16(2)3/h11-12,15H,4-10H2,1-3H3. The van der Waals surface area contributed by atoms with Crippen LogP contribution in [0.4, 0.5) is 4.79 Å². The molecule has 2 rings (SSSR count). The Morgan fingerprint density at radius 1 is 1.10 bits per heavy atom. The highest BCUT2D eigenvalue weighted by atomic mass is 16.2. The number of rotatable bonds is 1. The number of carbonyl (C=O) groups excluding carboxylic acids is 2. The van der Waals surface area contributed by atoms with Crippen molar-refractivity contribution in [3.63, 3.8) is 0 Å². The smallest absolute Gasteiger partial charge is 0.319 e. The summed E-state index contributed by atoms with van der Waals surface area (Å²) in [5.41, 5.74) is 0. The third-order valence-corrected chi connectivity index (χ3v) is 4.18. The van der Waals surface area contributed by atoms with Crippen molar-refractivity contribution in [2.45, 2.75) is 25.8 Å². The van der Waals surface area contributed by atoms with Gasteiger partial charge in [0.1, 0.15) is 0 Å². The molecular formula is C14H26N4O2. The molecule has 20 heavy (non-hydrogen) atoms. The monoisotopic (exact) mass is 282 g/mol. The maximum Gasteiger partial charge on any atom is 0.319 e. The Morgan fingerprint density at radius 2 is 1.75 bits per heavy atom. The molecule has 0 saturated carbocycles. The summed E-state index contributed by atoms with van der Waals surface area (Å²) in [6, 6.07) is 0.426. The second-order valence-corrected chi connectivity index (χ2v) is 6.08. The summed E-state index contributed by atoms with van der Waals surface area (Å²) in [4.78, 5) is 29.8. The summed E-state index contributed by atoms with van der Waals surface area (Å²) in [6.45, 7) is 5.97. The first-order chi connectivity index (χ1) is 9.49. The maximum absolute atomic E-state index is 12.5. The fraction of sp³-hybridized carbons (Fsp3) is 0.857. The predicted octanol–water partition coefficient (Wildman–Crippen LogP) is 0.200. The van der Waals surface area contributed by atoms with Gasteiger partial charge >= 0.3 is 6.03 Å². The molecule has 2 heterocycles. The van der Waals surface area contributed by atoms with Crippen molar-refractivity contribution in [3.05, 3.63) is 0 Å². The highest BCUT2D eigenvalue weighted by Crippen LogP contribution is 2.21. The highest BCUT2D eigenvalue weighted by Gasteiger charge is 2.31. The van der Waals surface area contributed by atoms with Gasteiger partial charge in [-0.3, -0.25) is 4.79 Å². The van der Waals surface area contributed by atoms with E-state index >= 15 is 0 Å². The number of hydrogen-bond acceptors (Lipinski definition) is 3. The van der Waals surface area contributed by atoms with Crippen molar-refractivity contribution in [1.82, 2.24) is 20.0 Å². The number of nitrogens with one attached hydrogen (secondary N) is 1. The maximum atomic E-state index is 12.5. The third-order valence-electron chi connectivity index (χ3n) is 4.18. The van der Waals surface area contributed by atoms with Gasteiger partial charge in [-0.2, -0.15) is 0 Å². The molecular weight excluding hydrogens is 256 g/mol. The first-order valence-corrected chi connectivity index (χ1v) is 7.47. The van der Waals surface area contributed by atoms with Gasteiger partial charge in [-0.05, 0) is 19.8 Å². The lowest BCUT2D eigenvalue weighted by Crippen LogP contribution is -2.54.